The number of aromatic nitrogens is 2. The molecule has 2 unspecified atom stereocenters. The second kappa shape index (κ2) is 3.52. The molecule has 0 amide bonds. The normalized spacial score (nSPS) is 25.4. The van der Waals surface area contributed by atoms with Crippen molar-refractivity contribution in [1.29, 1.82) is 0 Å². The molecule has 0 aliphatic heterocycles. The summed E-state index contributed by atoms with van der Waals surface area (Å²) in [5.41, 5.74) is 0.572. The lowest BCUT2D eigenvalue weighted by atomic mass is 10.1. The third kappa shape index (κ3) is 2.21. The smallest absolute Gasteiger partial charge is 0.207 e. The number of alkyl halides is 2. The Kier molecular flexibility index (Phi) is 2.59. The van der Waals surface area contributed by atoms with Crippen LogP contribution in [0, 0.1) is 5.92 Å². The average Bonchev–Trinajstić information content (AvgIpc) is 2.87. The Labute approximate surface area is 95.6 Å². The number of halogens is 4. The van der Waals surface area contributed by atoms with Gasteiger partial charge in [-0.2, -0.15) is 0 Å². The van der Waals surface area contributed by atoms with Crippen LogP contribution < -0.4 is 0 Å². The Bertz CT molecular complexity index is 392. The zero-order valence-electron chi connectivity index (χ0n) is 7.85. The highest BCUT2D eigenvalue weighted by Gasteiger charge is 2.53. The molecular weight excluding hydrogens is 245 g/mol. The molecular formula is C9H8Cl2F2N2. The first kappa shape index (κ1) is 11.0. The fraction of sp³-hybridized carbons (Fsp3) is 0.556. The molecule has 0 saturated heterocycles. The molecule has 2 rings (SSSR count). The first-order valence-corrected chi connectivity index (χ1v) is 5.21. The molecule has 0 radical (unpaired) electrons. The maximum Gasteiger partial charge on any atom is 0.248 e. The number of rotatable bonds is 2. The monoisotopic (exact) mass is 252 g/mol. The van der Waals surface area contributed by atoms with Crippen molar-refractivity contribution in [2.75, 3.05) is 0 Å². The van der Waals surface area contributed by atoms with E-state index in [-0.39, 0.29) is 16.2 Å². The van der Waals surface area contributed by atoms with Crippen LogP contribution in [0.1, 0.15) is 24.8 Å². The molecule has 2 nitrogen and oxygen atoms in total. The molecule has 1 aromatic heterocycles. The van der Waals surface area contributed by atoms with Gasteiger partial charge in [0.15, 0.2) is 10.3 Å². The highest BCUT2D eigenvalue weighted by atomic mass is 35.5. The van der Waals surface area contributed by atoms with E-state index in [4.69, 9.17) is 23.2 Å². The Morgan fingerprint density at radius 1 is 1.40 bits per heavy atom. The van der Waals surface area contributed by atoms with Crippen molar-refractivity contribution in [3.8, 4) is 0 Å². The van der Waals surface area contributed by atoms with E-state index in [1.807, 2.05) is 0 Å². The highest BCUT2D eigenvalue weighted by molar-refractivity contribution is 6.31. The van der Waals surface area contributed by atoms with Crippen LogP contribution in [0.2, 0.25) is 10.3 Å². The van der Waals surface area contributed by atoms with Crippen molar-refractivity contribution < 1.29 is 8.78 Å². The number of nitrogens with zero attached hydrogens (tertiary/aromatic N) is 2. The summed E-state index contributed by atoms with van der Waals surface area (Å²) in [4.78, 5) is 0. The average molecular weight is 253 g/mol. The summed E-state index contributed by atoms with van der Waals surface area (Å²) in [6.45, 7) is 0.918. The van der Waals surface area contributed by atoms with E-state index in [0.29, 0.717) is 12.0 Å². The molecule has 1 fully saturated rings. The maximum atomic E-state index is 13.0. The summed E-state index contributed by atoms with van der Waals surface area (Å²) in [6, 6.07) is 1.51. The van der Waals surface area contributed by atoms with Crippen molar-refractivity contribution in [3.63, 3.8) is 0 Å². The van der Waals surface area contributed by atoms with Gasteiger partial charge in [0.1, 0.15) is 0 Å². The zero-order chi connectivity index (χ0) is 11.2. The topological polar surface area (TPSA) is 25.8 Å². The highest BCUT2D eigenvalue weighted by Crippen LogP contribution is 2.56. The molecule has 82 valence electrons. The molecule has 2 atom stereocenters. The molecule has 1 aromatic rings. The Hall–Kier alpha value is -0.480. The standard InChI is InChI=1S/C9H8Cl2F2N2/c1-9(12,13)6-2-4(6)5-3-7(10)14-15-8(5)11/h3-4,6H,2H2,1H3. The van der Waals surface area contributed by atoms with E-state index in [1.165, 1.54) is 6.07 Å². The minimum Gasteiger partial charge on any atom is -0.207 e. The van der Waals surface area contributed by atoms with Gasteiger partial charge >= 0.3 is 0 Å². The number of hydrogen-bond donors (Lipinski definition) is 0. The van der Waals surface area contributed by atoms with Crippen LogP contribution in [0.25, 0.3) is 0 Å². The van der Waals surface area contributed by atoms with E-state index in [1.54, 1.807) is 0 Å². The van der Waals surface area contributed by atoms with Crippen molar-refractivity contribution in [3.05, 3.63) is 21.9 Å². The van der Waals surface area contributed by atoms with Crippen LogP contribution in [0.3, 0.4) is 0 Å². The van der Waals surface area contributed by atoms with Gasteiger partial charge in [-0.25, -0.2) is 8.78 Å². The molecule has 0 N–H and O–H groups in total. The maximum absolute atomic E-state index is 13.0. The van der Waals surface area contributed by atoms with Crippen LogP contribution >= 0.6 is 23.2 Å². The quantitative estimate of drug-likeness (QED) is 0.805. The van der Waals surface area contributed by atoms with Crippen molar-refractivity contribution in [2.24, 2.45) is 5.92 Å². The molecule has 1 aliphatic rings. The Balaban J connectivity index is 2.23. The molecule has 0 aromatic carbocycles. The molecule has 6 heteroatoms. The SMILES string of the molecule is CC(F)(F)C1CC1c1cc(Cl)nnc1Cl. The third-order valence-corrected chi connectivity index (χ3v) is 3.07. The van der Waals surface area contributed by atoms with E-state index >= 15 is 0 Å². The first-order valence-electron chi connectivity index (χ1n) is 4.46. The second-order valence-electron chi connectivity index (χ2n) is 3.82. The van der Waals surface area contributed by atoms with Crippen LogP contribution in [-0.4, -0.2) is 16.1 Å². The summed E-state index contributed by atoms with van der Waals surface area (Å²) in [6.07, 6.45) is 0.422. The molecule has 1 heterocycles. The van der Waals surface area contributed by atoms with E-state index < -0.39 is 11.8 Å². The predicted octanol–water partition coefficient (Wildman–Crippen LogP) is 3.54. The van der Waals surface area contributed by atoms with E-state index in [2.05, 4.69) is 10.2 Å². The zero-order valence-corrected chi connectivity index (χ0v) is 9.36. The van der Waals surface area contributed by atoms with Gasteiger partial charge < -0.3 is 0 Å². The summed E-state index contributed by atoms with van der Waals surface area (Å²) in [5.74, 6) is -3.58. The molecule has 0 bridgehead atoms. The fourth-order valence-corrected chi connectivity index (χ4v) is 2.11. The van der Waals surface area contributed by atoms with Gasteiger partial charge in [0.2, 0.25) is 5.92 Å². The van der Waals surface area contributed by atoms with Crippen molar-refractivity contribution in [2.45, 2.75) is 25.2 Å². The van der Waals surface area contributed by atoms with Gasteiger partial charge in [-0.05, 0) is 30.9 Å². The Morgan fingerprint density at radius 2 is 2.07 bits per heavy atom. The van der Waals surface area contributed by atoms with Crippen LogP contribution in [0.4, 0.5) is 8.78 Å². The molecule has 0 spiro atoms. The van der Waals surface area contributed by atoms with Gasteiger partial charge in [0.25, 0.3) is 0 Å². The molecule has 1 aliphatic carbocycles. The minimum absolute atomic E-state index is 0.163. The van der Waals surface area contributed by atoms with Gasteiger partial charge in [-0.1, -0.05) is 23.2 Å². The summed E-state index contributed by atoms with van der Waals surface area (Å²) in [5, 5.41) is 7.47. The lowest BCUT2D eigenvalue weighted by Crippen LogP contribution is -2.13. The van der Waals surface area contributed by atoms with E-state index in [9.17, 15) is 8.78 Å². The first-order chi connectivity index (χ1) is 6.89. The molecule has 15 heavy (non-hydrogen) atoms. The summed E-state index contributed by atoms with van der Waals surface area (Å²) in [7, 11) is 0. The van der Waals surface area contributed by atoms with Gasteiger partial charge in [-0.15, -0.1) is 10.2 Å². The van der Waals surface area contributed by atoms with Gasteiger partial charge in [0, 0.05) is 5.92 Å². The second-order valence-corrected chi connectivity index (χ2v) is 4.56. The Morgan fingerprint density at radius 3 is 2.60 bits per heavy atom. The largest absolute Gasteiger partial charge is 0.248 e. The van der Waals surface area contributed by atoms with Crippen molar-refractivity contribution in [1.82, 2.24) is 10.2 Å². The minimum atomic E-state index is -2.68. The lowest BCUT2D eigenvalue weighted by Gasteiger charge is -2.09. The summed E-state index contributed by atoms with van der Waals surface area (Å²) < 4.78 is 25.9. The van der Waals surface area contributed by atoms with Crippen LogP contribution in [0.5, 0.6) is 0 Å². The van der Waals surface area contributed by atoms with E-state index in [0.717, 1.165) is 6.92 Å². The van der Waals surface area contributed by atoms with Gasteiger partial charge in [0.05, 0.1) is 0 Å². The third-order valence-electron chi connectivity index (χ3n) is 2.59. The van der Waals surface area contributed by atoms with Crippen molar-refractivity contribution >= 4 is 23.2 Å². The lowest BCUT2D eigenvalue weighted by molar-refractivity contribution is -0.00398. The van der Waals surface area contributed by atoms with Crippen LogP contribution in [0.15, 0.2) is 6.07 Å². The predicted molar refractivity (Wildman–Crippen MR) is 53.5 cm³/mol. The van der Waals surface area contributed by atoms with Crippen LogP contribution in [-0.2, 0) is 0 Å². The number of hydrogen-bond acceptors (Lipinski definition) is 2. The van der Waals surface area contributed by atoms with Gasteiger partial charge in [-0.3, -0.25) is 0 Å². The fourth-order valence-electron chi connectivity index (χ4n) is 1.73. The molecule has 1 saturated carbocycles. The summed E-state index contributed by atoms with van der Waals surface area (Å²) >= 11 is 11.4.